The van der Waals surface area contributed by atoms with Crippen LogP contribution in [0, 0.1) is 0 Å². The largest absolute Gasteiger partial charge is 0.384 e. The summed E-state index contributed by atoms with van der Waals surface area (Å²) >= 11 is 0. The molecule has 4 nitrogen and oxygen atoms in total. The average Bonchev–Trinajstić information content (AvgIpc) is 2.28. The standard InChI is InChI=1S/C13H16N4/c1-13(2,3)10-7-11(14)17-12(16-10)9-5-4-6-15-8-9/h4-8H,1-3H3,(H2,14,16,17). The monoisotopic (exact) mass is 228 g/mol. The predicted molar refractivity (Wildman–Crippen MR) is 68.4 cm³/mol. The highest BCUT2D eigenvalue weighted by Crippen LogP contribution is 2.24. The third-order valence-electron chi connectivity index (χ3n) is 2.43. The summed E-state index contributed by atoms with van der Waals surface area (Å²) in [7, 11) is 0. The van der Waals surface area contributed by atoms with E-state index >= 15 is 0 Å². The smallest absolute Gasteiger partial charge is 0.163 e. The summed E-state index contributed by atoms with van der Waals surface area (Å²) in [6, 6.07) is 5.60. The minimum absolute atomic E-state index is 0.0476. The van der Waals surface area contributed by atoms with Crippen molar-refractivity contribution in [3.05, 3.63) is 36.3 Å². The van der Waals surface area contributed by atoms with Crippen molar-refractivity contribution in [2.75, 3.05) is 5.73 Å². The van der Waals surface area contributed by atoms with Crippen LogP contribution < -0.4 is 5.73 Å². The number of hydrogen-bond donors (Lipinski definition) is 1. The molecule has 0 aromatic carbocycles. The molecule has 2 aromatic rings. The van der Waals surface area contributed by atoms with E-state index < -0.39 is 0 Å². The van der Waals surface area contributed by atoms with Crippen molar-refractivity contribution >= 4 is 5.82 Å². The minimum atomic E-state index is -0.0476. The maximum absolute atomic E-state index is 5.82. The van der Waals surface area contributed by atoms with E-state index in [0.717, 1.165) is 11.3 Å². The van der Waals surface area contributed by atoms with Crippen LogP contribution in [0.1, 0.15) is 26.5 Å². The van der Waals surface area contributed by atoms with Crippen LogP contribution in [0.3, 0.4) is 0 Å². The molecule has 0 aliphatic rings. The molecule has 0 unspecified atom stereocenters. The maximum Gasteiger partial charge on any atom is 0.163 e. The number of nitrogens with zero attached hydrogens (tertiary/aromatic N) is 3. The van der Waals surface area contributed by atoms with Crippen molar-refractivity contribution in [2.24, 2.45) is 0 Å². The number of rotatable bonds is 1. The van der Waals surface area contributed by atoms with Gasteiger partial charge in [0, 0.05) is 29.4 Å². The van der Waals surface area contributed by atoms with Crippen LogP contribution in [0.25, 0.3) is 11.4 Å². The van der Waals surface area contributed by atoms with Crippen molar-refractivity contribution in [2.45, 2.75) is 26.2 Å². The lowest BCUT2D eigenvalue weighted by molar-refractivity contribution is 0.568. The van der Waals surface area contributed by atoms with Gasteiger partial charge in [0.05, 0.1) is 5.69 Å². The third-order valence-corrected chi connectivity index (χ3v) is 2.43. The lowest BCUT2D eigenvalue weighted by atomic mass is 9.92. The summed E-state index contributed by atoms with van der Waals surface area (Å²) in [5.41, 5.74) is 7.59. The van der Waals surface area contributed by atoms with Crippen molar-refractivity contribution in [3.8, 4) is 11.4 Å². The highest BCUT2D eigenvalue weighted by Gasteiger charge is 2.17. The highest BCUT2D eigenvalue weighted by molar-refractivity contribution is 5.55. The predicted octanol–water partition coefficient (Wildman–Crippen LogP) is 2.42. The summed E-state index contributed by atoms with van der Waals surface area (Å²) in [6.45, 7) is 6.30. The van der Waals surface area contributed by atoms with E-state index in [1.165, 1.54) is 0 Å². The van der Waals surface area contributed by atoms with E-state index in [0.29, 0.717) is 11.6 Å². The van der Waals surface area contributed by atoms with E-state index in [1.807, 2.05) is 18.2 Å². The Kier molecular flexibility index (Phi) is 2.79. The molecule has 2 rings (SSSR count). The summed E-state index contributed by atoms with van der Waals surface area (Å²) in [4.78, 5) is 12.8. The Hall–Kier alpha value is -1.97. The second-order valence-corrected chi connectivity index (χ2v) is 4.99. The van der Waals surface area contributed by atoms with Gasteiger partial charge in [-0.25, -0.2) is 9.97 Å². The SMILES string of the molecule is CC(C)(C)c1cc(N)nc(-c2cccnc2)n1. The van der Waals surface area contributed by atoms with Crippen molar-refractivity contribution in [1.29, 1.82) is 0 Å². The van der Waals surface area contributed by atoms with Gasteiger partial charge in [-0.3, -0.25) is 4.98 Å². The second-order valence-electron chi connectivity index (χ2n) is 4.99. The molecule has 2 N–H and O–H groups in total. The van der Waals surface area contributed by atoms with E-state index in [1.54, 1.807) is 12.4 Å². The Labute approximate surface area is 101 Å². The number of pyridine rings is 1. The van der Waals surface area contributed by atoms with Gasteiger partial charge in [-0.05, 0) is 12.1 Å². The molecule has 0 saturated carbocycles. The molecule has 0 amide bonds. The molecule has 2 heterocycles. The summed E-state index contributed by atoms with van der Waals surface area (Å²) < 4.78 is 0. The number of aromatic nitrogens is 3. The fourth-order valence-corrected chi connectivity index (χ4v) is 1.47. The number of hydrogen-bond acceptors (Lipinski definition) is 4. The van der Waals surface area contributed by atoms with Crippen molar-refractivity contribution in [1.82, 2.24) is 15.0 Å². The molecule has 2 aromatic heterocycles. The van der Waals surface area contributed by atoms with Gasteiger partial charge >= 0.3 is 0 Å². The number of nitrogen functional groups attached to an aromatic ring is 1. The van der Waals surface area contributed by atoms with Crippen molar-refractivity contribution in [3.63, 3.8) is 0 Å². The minimum Gasteiger partial charge on any atom is -0.384 e. The Morgan fingerprint density at radius 1 is 1.18 bits per heavy atom. The van der Waals surface area contributed by atoms with E-state index in [-0.39, 0.29) is 5.41 Å². The molecule has 0 bridgehead atoms. The third kappa shape index (κ3) is 2.58. The first-order chi connectivity index (χ1) is 7.97. The van der Waals surface area contributed by atoms with E-state index in [9.17, 15) is 0 Å². The summed E-state index contributed by atoms with van der Waals surface area (Å²) in [6.07, 6.45) is 3.46. The van der Waals surface area contributed by atoms with E-state index in [4.69, 9.17) is 5.73 Å². The Morgan fingerprint density at radius 3 is 2.53 bits per heavy atom. The quantitative estimate of drug-likeness (QED) is 0.814. The first kappa shape index (κ1) is 11.5. The summed E-state index contributed by atoms with van der Waals surface area (Å²) in [5.74, 6) is 1.12. The van der Waals surface area contributed by atoms with Crippen LogP contribution in [0.4, 0.5) is 5.82 Å². The van der Waals surface area contributed by atoms with Crippen LogP contribution in [0.15, 0.2) is 30.6 Å². The van der Waals surface area contributed by atoms with Gasteiger partial charge in [0.15, 0.2) is 5.82 Å². The van der Waals surface area contributed by atoms with Gasteiger partial charge in [-0.2, -0.15) is 0 Å². The Morgan fingerprint density at radius 2 is 1.94 bits per heavy atom. The lowest BCUT2D eigenvalue weighted by Gasteiger charge is -2.18. The molecule has 0 aliphatic carbocycles. The molecule has 4 heteroatoms. The molecular weight excluding hydrogens is 212 g/mol. The molecule has 0 aliphatic heterocycles. The van der Waals surface area contributed by atoms with Crippen LogP contribution in [-0.2, 0) is 5.41 Å². The zero-order valence-corrected chi connectivity index (χ0v) is 10.3. The normalized spacial score (nSPS) is 11.5. The van der Waals surface area contributed by atoms with Gasteiger partial charge in [0.2, 0.25) is 0 Å². The molecule has 0 radical (unpaired) electrons. The molecule has 17 heavy (non-hydrogen) atoms. The topological polar surface area (TPSA) is 64.7 Å². The Bertz CT molecular complexity index is 515. The lowest BCUT2D eigenvalue weighted by Crippen LogP contribution is -2.15. The average molecular weight is 228 g/mol. The van der Waals surface area contributed by atoms with Gasteiger partial charge in [0.1, 0.15) is 5.82 Å². The van der Waals surface area contributed by atoms with Crippen molar-refractivity contribution < 1.29 is 0 Å². The molecule has 0 fully saturated rings. The van der Waals surface area contributed by atoms with Gasteiger partial charge in [0.25, 0.3) is 0 Å². The highest BCUT2D eigenvalue weighted by atomic mass is 15.0. The summed E-state index contributed by atoms with van der Waals surface area (Å²) in [5, 5.41) is 0. The first-order valence-electron chi connectivity index (χ1n) is 5.52. The molecule has 88 valence electrons. The van der Waals surface area contributed by atoms with Crippen LogP contribution in [0.5, 0.6) is 0 Å². The number of anilines is 1. The van der Waals surface area contributed by atoms with E-state index in [2.05, 4.69) is 35.7 Å². The van der Waals surface area contributed by atoms with Crippen LogP contribution >= 0.6 is 0 Å². The second kappa shape index (κ2) is 4.13. The molecule has 0 spiro atoms. The molecule has 0 saturated heterocycles. The zero-order chi connectivity index (χ0) is 12.5. The number of nitrogens with two attached hydrogens (primary N) is 1. The van der Waals surface area contributed by atoms with Gasteiger partial charge < -0.3 is 5.73 Å². The Balaban J connectivity index is 2.54. The fourth-order valence-electron chi connectivity index (χ4n) is 1.47. The van der Waals surface area contributed by atoms with Crippen LogP contribution in [0.2, 0.25) is 0 Å². The zero-order valence-electron chi connectivity index (χ0n) is 10.3. The maximum atomic E-state index is 5.82. The van der Waals surface area contributed by atoms with Gasteiger partial charge in [-0.15, -0.1) is 0 Å². The first-order valence-corrected chi connectivity index (χ1v) is 5.52. The fraction of sp³-hybridized carbons (Fsp3) is 0.308. The van der Waals surface area contributed by atoms with Crippen LogP contribution in [-0.4, -0.2) is 15.0 Å². The molecule has 0 atom stereocenters. The van der Waals surface area contributed by atoms with Gasteiger partial charge in [-0.1, -0.05) is 20.8 Å². The molecular formula is C13H16N4.